The summed E-state index contributed by atoms with van der Waals surface area (Å²) in [6.07, 6.45) is 2.13. The molecule has 0 bridgehead atoms. The van der Waals surface area contributed by atoms with Crippen molar-refractivity contribution in [3.63, 3.8) is 0 Å². The summed E-state index contributed by atoms with van der Waals surface area (Å²) < 4.78 is 16.4. The number of nitrogens with one attached hydrogen (secondary N) is 2. The van der Waals surface area contributed by atoms with Crippen LogP contribution < -0.4 is 21.9 Å². The Morgan fingerprint density at radius 3 is 2.50 bits per heavy atom. The fourth-order valence-electron chi connectivity index (χ4n) is 3.79. The Kier molecular flexibility index (Phi) is 9.41. The molecule has 192 valence electrons. The molecule has 0 saturated heterocycles. The summed E-state index contributed by atoms with van der Waals surface area (Å²) in [4.78, 5) is 50.9. The van der Waals surface area contributed by atoms with Crippen LogP contribution in [0, 0.1) is 11.7 Å². The first-order valence-electron chi connectivity index (χ1n) is 11.9. The van der Waals surface area contributed by atoms with Crippen molar-refractivity contribution < 1.29 is 14.0 Å². The van der Waals surface area contributed by atoms with Gasteiger partial charge in [0.15, 0.2) is 0 Å². The van der Waals surface area contributed by atoms with E-state index in [-0.39, 0.29) is 28.5 Å². The predicted octanol–water partition coefficient (Wildman–Crippen LogP) is 3.93. The topological polar surface area (TPSA) is 102 Å². The Hall–Kier alpha value is -3.46. The van der Waals surface area contributed by atoms with Gasteiger partial charge < -0.3 is 10.6 Å². The summed E-state index contributed by atoms with van der Waals surface area (Å²) in [6.45, 7) is 4.47. The van der Waals surface area contributed by atoms with Crippen molar-refractivity contribution in [3.05, 3.63) is 74.1 Å². The number of amides is 2. The number of hydrogen-bond acceptors (Lipinski definition) is 4. The van der Waals surface area contributed by atoms with Gasteiger partial charge in [0.05, 0.1) is 16.6 Å². The van der Waals surface area contributed by atoms with Gasteiger partial charge in [-0.05, 0) is 55.5 Å². The number of para-hydroxylation sites is 1. The first kappa shape index (κ1) is 27.1. The zero-order valence-corrected chi connectivity index (χ0v) is 21.1. The van der Waals surface area contributed by atoms with Gasteiger partial charge in [-0.1, -0.05) is 37.6 Å². The molecule has 2 N–H and O–H groups in total. The molecule has 2 amide bonds. The van der Waals surface area contributed by atoms with Crippen molar-refractivity contribution in [2.24, 2.45) is 5.92 Å². The number of nitrogens with zero attached hydrogens (tertiary/aromatic N) is 2. The highest BCUT2D eigenvalue weighted by atomic mass is 35.5. The van der Waals surface area contributed by atoms with Crippen LogP contribution in [0.25, 0.3) is 10.9 Å². The van der Waals surface area contributed by atoms with E-state index in [1.165, 1.54) is 16.7 Å². The molecule has 0 spiro atoms. The SMILES string of the molecule is CC(C)CCNC(=O)CCCCn1c(=O)c2ccccc2n(CC(=O)Nc2ccc(Cl)cc2F)c1=O. The van der Waals surface area contributed by atoms with Crippen LogP contribution in [0.3, 0.4) is 0 Å². The van der Waals surface area contributed by atoms with Gasteiger partial charge in [0.2, 0.25) is 11.8 Å². The minimum absolute atomic E-state index is 0.0648. The minimum Gasteiger partial charge on any atom is -0.356 e. The number of rotatable bonds is 11. The highest BCUT2D eigenvalue weighted by Gasteiger charge is 2.16. The lowest BCUT2D eigenvalue weighted by molar-refractivity contribution is -0.121. The van der Waals surface area contributed by atoms with E-state index in [1.54, 1.807) is 24.3 Å². The summed E-state index contributed by atoms with van der Waals surface area (Å²) in [7, 11) is 0. The average Bonchev–Trinajstić information content (AvgIpc) is 2.83. The maximum atomic E-state index is 14.1. The molecule has 1 heterocycles. The number of halogens is 2. The summed E-state index contributed by atoms with van der Waals surface area (Å²) in [5, 5.41) is 5.78. The maximum absolute atomic E-state index is 14.1. The van der Waals surface area contributed by atoms with E-state index < -0.39 is 29.5 Å². The fraction of sp³-hybridized carbons (Fsp3) is 0.385. The third-order valence-electron chi connectivity index (χ3n) is 5.72. The van der Waals surface area contributed by atoms with E-state index >= 15 is 0 Å². The third-order valence-corrected chi connectivity index (χ3v) is 5.95. The fourth-order valence-corrected chi connectivity index (χ4v) is 3.95. The van der Waals surface area contributed by atoms with Crippen LogP contribution in [0.1, 0.15) is 39.5 Å². The quantitative estimate of drug-likeness (QED) is 0.377. The van der Waals surface area contributed by atoms with E-state index in [0.717, 1.165) is 17.1 Å². The van der Waals surface area contributed by atoms with Crippen LogP contribution in [0.5, 0.6) is 0 Å². The second kappa shape index (κ2) is 12.5. The highest BCUT2D eigenvalue weighted by molar-refractivity contribution is 6.30. The Morgan fingerprint density at radius 2 is 1.78 bits per heavy atom. The number of aromatic nitrogens is 2. The number of fused-ring (bicyclic) bond motifs is 1. The Morgan fingerprint density at radius 1 is 1.03 bits per heavy atom. The molecule has 3 rings (SSSR count). The van der Waals surface area contributed by atoms with Crippen molar-refractivity contribution in [3.8, 4) is 0 Å². The number of anilines is 1. The molecule has 3 aromatic rings. The van der Waals surface area contributed by atoms with Gasteiger partial charge in [-0.2, -0.15) is 0 Å². The molecule has 10 heteroatoms. The lowest BCUT2D eigenvalue weighted by Crippen LogP contribution is -2.41. The molecule has 0 saturated carbocycles. The molecule has 0 radical (unpaired) electrons. The number of benzene rings is 2. The molecule has 0 unspecified atom stereocenters. The second-order valence-corrected chi connectivity index (χ2v) is 9.44. The molecule has 1 aromatic heterocycles. The van der Waals surface area contributed by atoms with Gasteiger partial charge in [0, 0.05) is 24.5 Å². The first-order valence-corrected chi connectivity index (χ1v) is 12.3. The Balaban J connectivity index is 1.75. The highest BCUT2D eigenvalue weighted by Crippen LogP contribution is 2.19. The summed E-state index contributed by atoms with van der Waals surface area (Å²) in [6, 6.07) is 10.3. The summed E-state index contributed by atoms with van der Waals surface area (Å²) in [5.74, 6) is -0.900. The normalized spacial score (nSPS) is 11.1. The standard InChI is InChI=1S/C26H30ClFN4O4/c1-17(2)12-13-29-23(33)9-5-6-14-31-25(35)19-7-3-4-8-22(19)32(26(31)36)16-24(34)30-21-11-10-18(27)15-20(21)28/h3-4,7-8,10-11,15,17H,5-6,9,12-14,16H2,1-2H3,(H,29,33)(H,30,34). The minimum atomic E-state index is -0.703. The average molecular weight is 517 g/mol. The molecular weight excluding hydrogens is 487 g/mol. The van der Waals surface area contributed by atoms with Crippen molar-refractivity contribution in [1.82, 2.24) is 14.5 Å². The van der Waals surface area contributed by atoms with Gasteiger partial charge in [0.25, 0.3) is 5.56 Å². The van der Waals surface area contributed by atoms with Gasteiger partial charge in [0.1, 0.15) is 12.4 Å². The lowest BCUT2D eigenvalue weighted by Gasteiger charge is -2.14. The zero-order valence-electron chi connectivity index (χ0n) is 20.4. The van der Waals surface area contributed by atoms with Crippen molar-refractivity contribution >= 4 is 40.0 Å². The molecule has 0 aliphatic heterocycles. The van der Waals surface area contributed by atoms with Crippen LogP contribution in [-0.4, -0.2) is 27.5 Å². The van der Waals surface area contributed by atoms with Crippen molar-refractivity contribution in [1.29, 1.82) is 0 Å². The molecule has 0 fully saturated rings. The van der Waals surface area contributed by atoms with Crippen LogP contribution in [0.15, 0.2) is 52.1 Å². The first-order chi connectivity index (χ1) is 17.2. The lowest BCUT2D eigenvalue weighted by atomic mass is 10.1. The summed E-state index contributed by atoms with van der Waals surface area (Å²) in [5.41, 5.74) is -0.869. The van der Waals surface area contributed by atoms with Crippen LogP contribution in [-0.2, 0) is 22.7 Å². The molecule has 36 heavy (non-hydrogen) atoms. The van der Waals surface area contributed by atoms with E-state index in [4.69, 9.17) is 11.6 Å². The molecular formula is C26H30ClFN4O4. The largest absolute Gasteiger partial charge is 0.356 e. The van der Waals surface area contributed by atoms with Gasteiger partial charge in [-0.25, -0.2) is 9.18 Å². The van der Waals surface area contributed by atoms with E-state index in [9.17, 15) is 23.6 Å². The number of hydrogen-bond donors (Lipinski definition) is 2. The van der Waals surface area contributed by atoms with E-state index in [2.05, 4.69) is 24.5 Å². The van der Waals surface area contributed by atoms with Crippen molar-refractivity contribution in [2.75, 3.05) is 11.9 Å². The summed E-state index contributed by atoms with van der Waals surface area (Å²) >= 11 is 5.75. The van der Waals surface area contributed by atoms with Crippen LogP contribution in [0.2, 0.25) is 5.02 Å². The smallest absolute Gasteiger partial charge is 0.331 e. The Bertz CT molecular complexity index is 1370. The van der Waals surface area contributed by atoms with Crippen LogP contribution in [0.4, 0.5) is 10.1 Å². The monoisotopic (exact) mass is 516 g/mol. The molecule has 2 aromatic carbocycles. The zero-order chi connectivity index (χ0) is 26.2. The van der Waals surface area contributed by atoms with Crippen molar-refractivity contribution in [2.45, 2.75) is 52.6 Å². The molecule has 0 atom stereocenters. The van der Waals surface area contributed by atoms with Gasteiger partial charge in [-0.3, -0.25) is 23.5 Å². The van der Waals surface area contributed by atoms with E-state index in [1.807, 2.05) is 0 Å². The van der Waals surface area contributed by atoms with Gasteiger partial charge in [-0.15, -0.1) is 0 Å². The molecule has 8 nitrogen and oxygen atoms in total. The second-order valence-electron chi connectivity index (χ2n) is 9.00. The Labute approximate surface area is 213 Å². The maximum Gasteiger partial charge on any atom is 0.331 e. The number of unbranched alkanes of at least 4 members (excludes halogenated alkanes) is 1. The van der Waals surface area contributed by atoms with Crippen LogP contribution >= 0.6 is 11.6 Å². The number of carbonyl (C=O) groups is 2. The van der Waals surface area contributed by atoms with E-state index in [0.29, 0.717) is 37.2 Å². The predicted molar refractivity (Wildman–Crippen MR) is 139 cm³/mol. The van der Waals surface area contributed by atoms with Gasteiger partial charge >= 0.3 is 5.69 Å². The number of carbonyl (C=O) groups excluding carboxylic acids is 2. The third kappa shape index (κ3) is 7.04. The molecule has 0 aliphatic carbocycles. The molecule has 0 aliphatic rings.